The SMILES string of the molecule is CC/C=C\C/C=C\C/C=C\C/C=C\C/C=C\CCCCCCCCCCCCCCCCCC(=O)OC(COC(=O)CCCCCCCCCCCC/C=C\C/C=C\C/C=C\CCCCCCC)COP(=O)([O-])OCC[N+](C)(C)C. The summed E-state index contributed by atoms with van der Waals surface area (Å²) in [6, 6.07) is 0. The summed E-state index contributed by atoms with van der Waals surface area (Å²) < 4.78 is 34.3. The third kappa shape index (κ3) is 64.1. The van der Waals surface area contributed by atoms with Gasteiger partial charge in [-0.1, -0.05) is 272 Å². The van der Waals surface area contributed by atoms with Crippen LogP contribution >= 0.6 is 7.82 Å². The van der Waals surface area contributed by atoms with Crippen molar-refractivity contribution in [1.29, 1.82) is 0 Å². The predicted molar refractivity (Wildman–Crippen MR) is 342 cm³/mol. The van der Waals surface area contributed by atoms with Crippen molar-refractivity contribution in [2.75, 3.05) is 47.5 Å². The molecular weight excluding hydrogens is 1010 g/mol. The van der Waals surface area contributed by atoms with Gasteiger partial charge < -0.3 is 27.9 Å². The van der Waals surface area contributed by atoms with E-state index in [1.807, 2.05) is 21.1 Å². The predicted octanol–water partition coefficient (Wildman–Crippen LogP) is 20.5. The molecule has 0 saturated carbocycles. The smallest absolute Gasteiger partial charge is 0.306 e. The first-order valence-electron chi connectivity index (χ1n) is 32.9. The molecule has 0 bridgehead atoms. The third-order valence-corrected chi connectivity index (χ3v) is 15.1. The first kappa shape index (κ1) is 76.9. The lowest BCUT2D eigenvalue weighted by atomic mass is 10.0. The van der Waals surface area contributed by atoms with Crippen molar-refractivity contribution >= 4 is 19.8 Å². The number of phosphoric acid groups is 1. The summed E-state index contributed by atoms with van der Waals surface area (Å²) in [7, 11) is 1.16. The molecule has 0 heterocycles. The zero-order valence-electron chi connectivity index (χ0n) is 52.5. The topological polar surface area (TPSA) is 111 Å². The molecule has 0 amide bonds. The number of nitrogens with zero attached hydrogens (tertiary/aromatic N) is 1. The van der Waals surface area contributed by atoms with E-state index < -0.39 is 26.5 Å². The maximum Gasteiger partial charge on any atom is 0.306 e. The molecule has 0 aliphatic heterocycles. The second-order valence-electron chi connectivity index (χ2n) is 23.1. The molecule has 0 saturated heterocycles. The van der Waals surface area contributed by atoms with Gasteiger partial charge in [0.1, 0.15) is 19.8 Å². The van der Waals surface area contributed by atoms with Gasteiger partial charge in [0.25, 0.3) is 7.82 Å². The molecule has 2 unspecified atom stereocenters. The lowest BCUT2D eigenvalue weighted by Gasteiger charge is -2.28. The van der Waals surface area contributed by atoms with Crippen LogP contribution in [0.25, 0.3) is 0 Å². The van der Waals surface area contributed by atoms with Crippen LogP contribution in [0.2, 0.25) is 0 Å². The minimum Gasteiger partial charge on any atom is -0.756 e. The second kappa shape index (κ2) is 60.5. The molecule has 0 N–H and O–H groups in total. The van der Waals surface area contributed by atoms with Crippen LogP contribution in [-0.2, 0) is 32.7 Å². The van der Waals surface area contributed by atoms with Crippen molar-refractivity contribution in [2.45, 2.75) is 290 Å². The van der Waals surface area contributed by atoms with Gasteiger partial charge in [-0.05, 0) is 96.3 Å². The number of phosphoric ester groups is 1. The molecule has 0 aliphatic carbocycles. The fraction of sp³-hybridized carbons (Fsp3) is 0.743. The zero-order valence-corrected chi connectivity index (χ0v) is 53.4. The van der Waals surface area contributed by atoms with Gasteiger partial charge in [-0.15, -0.1) is 0 Å². The van der Waals surface area contributed by atoms with Crippen LogP contribution in [0.5, 0.6) is 0 Å². The first-order valence-corrected chi connectivity index (χ1v) is 34.4. The summed E-state index contributed by atoms with van der Waals surface area (Å²) in [4.78, 5) is 38.0. The Morgan fingerprint density at radius 2 is 0.713 bits per heavy atom. The quantitative estimate of drug-likeness (QED) is 0.0195. The number of likely N-dealkylation sites (N-methyl/N-ethyl adjacent to an activating group) is 1. The monoisotopic (exact) mass is 1140 g/mol. The zero-order chi connectivity index (χ0) is 58.4. The Balaban J connectivity index is 4.10. The highest BCUT2D eigenvalue weighted by Crippen LogP contribution is 2.38. The highest BCUT2D eigenvalue weighted by Gasteiger charge is 2.22. The van der Waals surface area contributed by atoms with Crippen LogP contribution in [0, 0.1) is 0 Å². The summed E-state index contributed by atoms with van der Waals surface area (Å²) in [5.41, 5.74) is 0. The van der Waals surface area contributed by atoms with E-state index in [1.165, 1.54) is 161 Å². The molecule has 2 atom stereocenters. The Kier molecular flexibility index (Phi) is 58.2. The maximum atomic E-state index is 12.8. The van der Waals surface area contributed by atoms with Crippen molar-refractivity contribution in [3.05, 3.63) is 97.2 Å². The molecule has 0 radical (unpaired) electrons. The number of carbonyl (C=O) groups is 2. The summed E-state index contributed by atoms with van der Waals surface area (Å²) in [6.45, 7) is 4.13. The van der Waals surface area contributed by atoms with Crippen molar-refractivity contribution in [1.82, 2.24) is 0 Å². The molecule has 0 fully saturated rings. The lowest BCUT2D eigenvalue weighted by molar-refractivity contribution is -0.870. The van der Waals surface area contributed by atoms with Gasteiger partial charge in [-0.2, -0.15) is 0 Å². The van der Waals surface area contributed by atoms with Crippen LogP contribution in [0.3, 0.4) is 0 Å². The molecule has 0 aromatic rings. The number of hydrogen-bond acceptors (Lipinski definition) is 8. The van der Waals surface area contributed by atoms with Gasteiger partial charge in [0.2, 0.25) is 0 Å². The normalized spacial score (nSPS) is 13.8. The average Bonchev–Trinajstić information content (AvgIpc) is 3.42. The van der Waals surface area contributed by atoms with E-state index in [1.54, 1.807) is 0 Å². The molecule has 9 nitrogen and oxygen atoms in total. The van der Waals surface area contributed by atoms with E-state index in [9.17, 15) is 19.0 Å². The van der Waals surface area contributed by atoms with Crippen molar-refractivity contribution < 1.29 is 42.1 Å². The molecule has 0 aromatic heterocycles. The van der Waals surface area contributed by atoms with E-state index in [0.29, 0.717) is 17.4 Å². The van der Waals surface area contributed by atoms with Crippen molar-refractivity contribution in [3.63, 3.8) is 0 Å². The van der Waals surface area contributed by atoms with Gasteiger partial charge in [-0.3, -0.25) is 14.2 Å². The van der Waals surface area contributed by atoms with Crippen LogP contribution in [0.15, 0.2) is 97.2 Å². The number of quaternary nitrogens is 1. The van der Waals surface area contributed by atoms with Gasteiger partial charge >= 0.3 is 11.9 Å². The number of allylic oxidation sites excluding steroid dienone is 16. The van der Waals surface area contributed by atoms with Crippen molar-refractivity contribution in [3.8, 4) is 0 Å². The van der Waals surface area contributed by atoms with Crippen LogP contribution in [-0.4, -0.2) is 70.0 Å². The van der Waals surface area contributed by atoms with Gasteiger partial charge in [-0.25, -0.2) is 0 Å². The molecular formula is C70H124NO8P. The average molecular weight is 1140 g/mol. The van der Waals surface area contributed by atoms with Crippen LogP contribution in [0.1, 0.15) is 284 Å². The maximum absolute atomic E-state index is 12.8. The van der Waals surface area contributed by atoms with Crippen LogP contribution < -0.4 is 4.89 Å². The fourth-order valence-corrected chi connectivity index (χ4v) is 9.77. The van der Waals surface area contributed by atoms with Gasteiger partial charge in [0.05, 0.1) is 27.7 Å². The molecule has 0 aliphatic rings. The molecule has 462 valence electrons. The molecule has 0 spiro atoms. The molecule has 0 rings (SSSR count). The summed E-state index contributed by atoms with van der Waals surface area (Å²) in [5, 5.41) is 0. The lowest BCUT2D eigenvalue weighted by Crippen LogP contribution is -2.37. The van der Waals surface area contributed by atoms with Crippen molar-refractivity contribution in [2.24, 2.45) is 0 Å². The molecule has 10 heteroatoms. The highest BCUT2D eigenvalue weighted by atomic mass is 31.2. The number of unbranched alkanes of at least 4 members (excludes halogenated alkanes) is 30. The van der Waals surface area contributed by atoms with E-state index in [-0.39, 0.29) is 32.0 Å². The van der Waals surface area contributed by atoms with Crippen LogP contribution in [0.4, 0.5) is 0 Å². The minimum absolute atomic E-state index is 0.0345. The number of carbonyl (C=O) groups excluding carboxylic acids is 2. The minimum atomic E-state index is -4.65. The molecule has 0 aromatic carbocycles. The van der Waals surface area contributed by atoms with Gasteiger partial charge in [0.15, 0.2) is 6.10 Å². The Morgan fingerprint density at radius 3 is 1.06 bits per heavy atom. The van der Waals surface area contributed by atoms with Gasteiger partial charge in [0, 0.05) is 12.8 Å². The number of rotatable bonds is 60. The van der Waals surface area contributed by atoms with E-state index >= 15 is 0 Å². The third-order valence-electron chi connectivity index (χ3n) is 14.1. The highest BCUT2D eigenvalue weighted by molar-refractivity contribution is 7.45. The Labute approximate surface area is 493 Å². The van der Waals surface area contributed by atoms with E-state index in [4.69, 9.17) is 18.5 Å². The number of esters is 2. The Morgan fingerprint density at radius 1 is 0.400 bits per heavy atom. The first-order chi connectivity index (χ1) is 39.0. The summed E-state index contributed by atoms with van der Waals surface area (Å²) >= 11 is 0. The summed E-state index contributed by atoms with van der Waals surface area (Å²) in [5.74, 6) is -0.834. The Bertz CT molecular complexity index is 1670. The number of ether oxygens (including phenoxy) is 2. The summed E-state index contributed by atoms with van der Waals surface area (Å²) in [6.07, 6.45) is 83.2. The van der Waals surface area contributed by atoms with E-state index in [2.05, 4.69) is 111 Å². The second-order valence-corrected chi connectivity index (χ2v) is 24.5. The fourth-order valence-electron chi connectivity index (χ4n) is 9.04. The van der Waals surface area contributed by atoms with E-state index in [0.717, 1.165) is 89.9 Å². The standard InChI is InChI=1S/C70H124NO8P/c1-6-8-10-12-14-16-18-20-22-24-26-28-30-32-33-34-35-36-37-39-41-43-45-47-49-51-53-55-57-59-61-63-70(73)79-68(67-78-80(74,75)77-65-64-71(3,4)5)66-76-69(72)62-60-58-56-54-52-50-48-46-44-42-40-38-31-29-27-25-23-21-19-17-15-13-11-9-7-2/h8,10,14,16,19-22,25-28,31-33,38,68H,6-7,9,11-13,15,17-18,23-24,29-30,34-37,39-67H2,1-5H3/b10-8-,16-14-,21-19-,22-20-,27-25-,28-26-,33-32-,38-31-. The largest absolute Gasteiger partial charge is 0.756 e. The Hall–Kier alpha value is -3.07. The molecule has 80 heavy (non-hydrogen) atoms. The number of hydrogen-bond donors (Lipinski definition) is 0.